The zero-order valence-electron chi connectivity index (χ0n) is 8.33. The van der Waals surface area contributed by atoms with Crippen LogP contribution in [0.1, 0.15) is 28.4 Å². The highest BCUT2D eigenvalue weighted by molar-refractivity contribution is 7.17. The molecule has 1 nitrogen and oxygen atoms in total. The van der Waals surface area contributed by atoms with E-state index in [2.05, 4.69) is 19.2 Å². The molecule has 0 unspecified atom stereocenters. The Balaban J connectivity index is 2.78. The molecule has 0 radical (unpaired) electrons. The van der Waals surface area contributed by atoms with Gasteiger partial charge in [0, 0.05) is 10.3 Å². The van der Waals surface area contributed by atoms with Gasteiger partial charge in [0.1, 0.15) is 6.29 Å². The summed E-state index contributed by atoms with van der Waals surface area (Å²) in [4.78, 5) is 10.7. The van der Waals surface area contributed by atoms with E-state index in [0.29, 0.717) is 0 Å². The van der Waals surface area contributed by atoms with E-state index in [4.69, 9.17) is 0 Å². The zero-order valence-corrected chi connectivity index (χ0v) is 9.15. The average Bonchev–Trinajstić information content (AvgIpc) is 2.61. The van der Waals surface area contributed by atoms with E-state index >= 15 is 0 Å². The van der Waals surface area contributed by atoms with Crippen molar-refractivity contribution in [2.45, 2.75) is 20.3 Å². The Morgan fingerprint density at radius 1 is 1.43 bits per heavy atom. The first kappa shape index (κ1) is 9.41. The van der Waals surface area contributed by atoms with Crippen molar-refractivity contribution in [3.8, 4) is 0 Å². The predicted octanol–water partition coefficient (Wildman–Crippen LogP) is 3.58. The number of benzene rings is 1. The first-order chi connectivity index (χ1) is 6.76. The molecule has 2 rings (SSSR count). The Morgan fingerprint density at radius 2 is 2.21 bits per heavy atom. The molecule has 0 aliphatic rings. The third kappa shape index (κ3) is 1.36. The summed E-state index contributed by atoms with van der Waals surface area (Å²) in [6.07, 6.45) is 1.97. The number of fused-ring (bicyclic) bond motifs is 1. The molecule has 0 spiro atoms. The molecule has 0 saturated heterocycles. The van der Waals surface area contributed by atoms with Crippen molar-refractivity contribution in [1.29, 1.82) is 0 Å². The molecule has 2 aromatic rings. The summed E-state index contributed by atoms with van der Waals surface area (Å²) in [6, 6.07) is 3.93. The molecule has 0 aliphatic heterocycles. The minimum Gasteiger partial charge on any atom is -0.298 e. The van der Waals surface area contributed by atoms with Crippen molar-refractivity contribution in [3.63, 3.8) is 0 Å². The van der Waals surface area contributed by atoms with Gasteiger partial charge in [-0.2, -0.15) is 0 Å². The van der Waals surface area contributed by atoms with E-state index in [-0.39, 0.29) is 0 Å². The molecule has 0 atom stereocenters. The monoisotopic (exact) mass is 204 g/mol. The van der Waals surface area contributed by atoms with Crippen molar-refractivity contribution in [2.24, 2.45) is 0 Å². The number of rotatable bonds is 2. The van der Waals surface area contributed by atoms with Crippen LogP contribution < -0.4 is 0 Å². The molecule has 0 fully saturated rings. The predicted molar refractivity (Wildman–Crippen MR) is 61.3 cm³/mol. The molecule has 1 aromatic heterocycles. The Kier molecular flexibility index (Phi) is 2.38. The van der Waals surface area contributed by atoms with Crippen molar-refractivity contribution < 1.29 is 4.79 Å². The maximum atomic E-state index is 10.7. The van der Waals surface area contributed by atoms with Gasteiger partial charge in [0.25, 0.3) is 0 Å². The lowest BCUT2D eigenvalue weighted by molar-refractivity contribution is 0.112. The first-order valence-corrected chi connectivity index (χ1v) is 5.60. The number of hydrogen-bond acceptors (Lipinski definition) is 2. The van der Waals surface area contributed by atoms with Gasteiger partial charge in [-0.1, -0.05) is 6.92 Å². The minimum absolute atomic E-state index is 0.777. The second-order valence-electron chi connectivity index (χ2n) is 3.44. The van der Waals surface area contributed by atoms with Crippen LogP contribution in [0.25, 0.3) is 10.1 Å². The second kappa shape index (κ2) is 3.54. The molecular formula is C12H12OS. The van der Waals surface area contributed by atoms with Crippen molar-refractivity contribution in [1.82, 2.24) is 0 Å². The van der Waals surface area contributed by atoms with Crippen LogP contribution in [0.3, 0.4) is 0 Å². The van der Waals surface area contributed by atoms with Gasteiger partial charge in [-0.15, -0.1) is 11.3 Å². The quantitative estimate of drug-likeness (QED) is 0.683. The van der Waals surface area contributed by atoms with Crippen molar-refractivity contribution in [3.05, 3.63) is 34.2 Å². The Bertz CT molecular complexity index is 482. The Labute approximate surface area is 87.4 Å². The fourth-order valence-electron chi connectivity index (χ4n) is 1.81. The SMILES string of the molecule is CCc1csc2cc(C=O)cc(C)c12. The summed E-state index contributed by atoms with van der Waals surface area (Å²) < 4.78 is 1.23. The van der Waals surface area contributed by atoms with Gasteiger partial charge in [-0.3, -0.25) is 4.79 Å². The van der Waals surface area contributed by atoms with Gasteiger partial charge in [0.05, 0.1) is 0 Å². The van der Waals surface area contributed by atoms with Gasteiger partial charge >= 0.3 is 0 Å². The van der Waals surface area contributed by atoms with Crippen LogP contribution in [0.15, 0.2) is 17.5 Å². The van der Waals surface area contributed by atoms with Crippen LogP contribution in [0.2, 0.25) is 0 Å². The largest absolute Gasteiger partial charge is 0.298 e. The highest BCUT2D eigenvalue weighted by Gasteiger charge is 2.06. The summed E-state index contributed by atoms with van der Waals surface area (Å²) in [5.74, 6) is 0. The number of carbonyl (C=O) groups is 1. The van der Waals surface area contributed by atoms with E-state index < -0.39 is 0 Å². The third-order valence-corrected chi connectivity index (χ3v) is 3.47. The summed E-state index contributed by atoms with van der Waals surface area (Å²) in [7, 11) is 0. The molecule has 1 heterocycles. The summed E-state index contributed by atoms with van der Waals surface area (Å²) >= 11 is 1.72. The highest BCUT2D eigenvalue weighted by Crippen LogP contribution is 2.30. The van der Waals surface area contributed by atoms with E-state index in [9.17, 15) is 4.79 Å². The molecule has 0 saturated carbocycles. The lowest BCUT2D eigenvalue weighted by Crippen LogP contribution is -1.84. The van der Waals surface area contributed by atoms with Gasteiger partial charge < -0.3 is 0 Å². The number of hydrogen-bond donors (Lipinski definition) is 0. The van der Waals surface area contributed by atoms with Crippen molar-refractivity contribution in [2.75, 3.05) is 0 Å². The third-order valence-electron chi connectivity index (χ3n) is 2.49. The molecule has 0 N–H and O–H groups in total. The second-order valence-corrected chi connectivity index (χ2v) is 4.35. The standard InChI is InChI=1S/C12H12OS/c1-3-10-7-14-11-5-9(6-13)4-8(2)12(10)11/h4-7H,3H2,1-2H3. The van der Waals surface area contributed by atoms with Crippen LogP contribution in [0, 0.1) is 6.92 Å². The van der Waals surface area contributed by atoms with Crippen LogP contribution in [-0.4, -0.2) is 6.29 Å². The van der Waals surface area contributed by atoms with Crippen LogP contribution in [-0.2, 0) is 6.42 Å². The van der Waals surface area contributed by atoms with Crippen molar-refractivity contribution >= 4 is 27.7 Å². The lowest BCUT2D eigenvalue weighted by atomic mass is 10.0. The van der Waals surface area contributed by atoms with E-state index in [1.165, 1.54) is 21.2 Å². The minimum atomic E-state index is 0.777. The van der Waals surface area contributed by atoms with E-state index in [0.717, 1.165) is 18.3 Å². The Hall–Kier alpha value is -1.15. The van der Waals surface area contributed by atoms with Crippen LogP contribution in [0.5, 0.6) is 0 Å². The maximum Gasteiger partial charge on any atom is 0.150 e. The molecule has 0 amide bonds. The van der Waals surface area contributed by atoms with Gasteiger partial charge in [0.15, 0.2) is 0 Å². The number of thiophene rings is 1. The summed E-state index contributed by atoms with van der Waals surface area (Å²) in [6.45, 7) is 4.23. The van der Waals surface area contributed by atoms with Gasteiger partial charge in [0.2, 0.25) is 0 Å². The summed E-state index contributed by atoms with van der Waals surface area (Å²) in [5, 5.41) is 3.52. The Morgan fingerprint density at radius 3 is 2.86 bits per heavy atom. The number of aryl methyl sites for hydroxylation is 2. The van der Waals surface area contributed by atoms with Crippen LogP contribution in [0.4, 0.5) is 0 Å². The normalized spacial score (nSPS) is 10.7. The first-order valence-electron chi connectivity index (χ1n) is 4.72. The number of aldehydes is 1. The van der Waals surface area contributed by atoms with Crippen LogP contribution >= 0.6 is 11.3 Å². The van der Waals surface area contributed by atoms with Gasteiger partial charge in [-0.05, 0) is 47.4 Å². The molecule has 0 aliphatic carbocycles. The molecule has 0 bridgehead atoms. The average molecular weight is 204 g/mol. The van der Waals surface area contributed by atoms with Gasteiger partial charge in [-0.25, -0.2) is 0 Å². The highest BCUT2D eigenvalue weighted by atomic mass is 32.1. The number of carbonyl (C=O) groups excluding carboxylic acids is 1. The van der Waals surface area contributed by atoms with E-state index in [1.807, 2.05) is 12.1 Å². The lowest BCUT2D eigenvalue weighted by Gasteiger charge is -2.00. The molecule has 72 valence electrons. The smallest absolute Gasteiger partial charge is 0.150 e. The maximum absolute atomic E-state index is 10.7. The zero-order chi connectivity index (χ0) is 10.1. The molecule has 14 heavy (non-hydrogen) atoms. The molecule has 2 heteroatoms. The fraction of sp³-hybridized carbons (Fsp3) is 0.250. The molecule has 1 aromatic carbocycles. The summed E-state index contributed by atoms with van der Waals surface area (Å²) in [5.41, 5.74) is 3.38. The van der Waals surface area contributed by atoms with E-state index in [1.54, 1.807) is 11.3 Å². The topological polar surface area (TPSA) is 17.1 Å². The fourth-order valence-corrected chi connectivity index (χ4v) is 2.98. The molecular weight excluding hydrogens is 192 g/mol.